The van der Waals surface area contributed by atoms with Crippen molar-refractivity contribution in [3.05, 3.63) is 46.2 Å². The number of carbonyl (C=O) groups excluding carboxylic acids is 1. The highest BCUT2D eigenvalue weighted by molar-refractivity contribution is 7.09. The van der Waals surface area contributed by atoms with Crippen molar-refractivity contribution in [1.82, 2.24) is 0 Å². The molecule has 2 aromatic rings. The van der Waals surface area contributed by atoms with E-state index in [0.717, 1.165) is 29.2 Å². The van der Waals surface area contributed by atoms with E-state index in [0.29, 0.717) is 6.61 Å². The Morgan fingerprint density at radius 1 is 1.27 bits per heavy atom. The third-order valence-electron chi connectivity index (χ3n) is 3.50. The highest BCUT2D eigenvalue weighted by Crippen LogP contribution is 2.23. The van der Waals surface area contributed by atoms with Crippen molar-refractivity contribution in [2.24, 2.45) is 0 Å². The molecule has 0 saturated carbocycles. The van der Waals surface area contributed by atoms with Gasteiger partial charge in [0.25, 0.3) is 0 Å². The second-order valence-corrected chi connectivity index (χ2v) is 5.98. The highest BCUT2D eigenvalue weighted by atomic mass is 32.1. The molecular formula is C17H22N2O2S. The standard InChI is InChI=1S/C17H22N2O2S/c1-4-19(5-2)14-8-9-16(13(3)11-14)18-17(20)21-12-15-7-6-10-22-15/h6-11H,4-5,12H2,1-3H3,(H,18,20). The lowest BCUT2D eigenvalue weighted by atomic mass is 10.1. The molecule has 0 saturated heterocycles. The molecule has 1 N–H and O–H groups in total. The Balaban J connectivity index is 1.96. The quantitative estimate of drug-likeness (QED) is 0.843. The highest BCUT2D eigenvalue weighted by Gasteiger charge is 2.09. The summed E-state index contributed by atoms with van der Waals surface area (Å²) in [5.74, 6) is 0. The molecule has 1 amide bonds. The van der Waals surface area contributed by atoms with Gasteiger partial charge in [-0.05, 0) is 56.0 Å². The third-order valence-corrected chi connectivity index (χ3v) is 4.35. The first kappa shape index (κ1) is 16.4. The molecule has 0 fully saturated rings. The van der Waals surface area contributed by atoms with Crippen LogP contribution in [0.15, 0.2) is 35.7 Å². The summed E-state index contributed by atoms with van der Waals surface area (Å²) in [6.45, 7) is 8.49. The first-order valence-corrected chi connectivity index (χ1v) is 8.33. The first-order chi connectivity index (χ1) is 10.6. The maximum Gasteiger partial charge on any atom is 0.411 e. The fourth-order valence-corrected chi connectivity index (χ4v) is 2.87. The van der Waals surface area contributed by atoms with Gasteiger partial charge in [0, 0.05) is 29.3 Å². The Labute approximate surface area is 135 Å². The monoisotopic (exact) mass is 318 g/mol. The van der Waals surface area contributed by atoms with Crippen molar-refractivity contribution in [3.8, 4) is 0 Å². The predicted molar refractivity (Wildman–Crippen MR) is 92.9 cm³/mol. The number of benzene rings is 1. The topological polar surface area (TPSA) is 41.6 Å². The first-order valence-electron chi connectivity index (χ1n) is 7.45. The van der Waals surface area contributed by atoms with Crippen LogP contribution in [0.5, 0.6) is 0 Å². The van der Waals surface area contributed by atoms with Crippen LogP contribution in [0.25, 0.3) is 0 Å². The van der Waals surface area contributed by atoms with Crippen LogP contribution in [0.4, 0.5) is 16.2 Å². The molecule has 1 heterocycles. The van der Waals surface area contributed by atoms with E-state index in [4.69, 9.17) is 4.74 Å². The second kappa shape index (κ2) is 7.84. The number of nitrogens with zero attached hydrogens (tertiary/aromatic N) is 1. The van der Waals surface area contributed by atoms with Crippen LogP contribution in [-0.2, 0) is 11.3 Å². The van der Waals surface area contributed by atoms with E-state index in [1.807, 2.05) is 36.6 Å². The van der Waals surface area contributed by atoms with Crippen molar-refractivity contribution in [2.75, 3.05) is 23.3 Å². The van der Waals surface area contributed by atoms with Crippen LogP contribution in [0.2, 0.25) is 0 Å². The molecule has 1 aromatic heterocycles. The van der Waals surface area contributed by atoms with Crippen molar-refractivity contribution >= 4 is 28.8 Å². The van der Waals surface area contributed by atoms with Gasteiger partial charge in [0.2, 0.25) is 0 Å². The van der Waals surface area contributed by atoms with Crippen LogP contribution in [0.1, 0.15) is 24.3 Å². The number of aryl methyl sites for hydroxylation is 1. The number of hydrogen-bond acceptors (Lipinski definition) is 4. The van der Waals surface area contributed by atoms with Crippen molar-refractivity contribution in [2.45, 2.75) is 27.4 Å². The van der Waals surface area contributed by atoms with Crippen LogP contribution < -0.4 is 10.2 Å². The Hall–Kier alpha value is -2.01. The molecular weight excluding hydrogens is 296 g/mol. The van der Waals surface area contributed by atoms with E-state index in [1.165, 1.54) is 5.69 Å². The van der Waals surface area contributed by atoms with Crippen molar-refractivity contribution < 1.29 is 9.53 Å². The second-order valence-electron chi connectivity index (χ2n) is 4.95. The van der Waals surface area contributed by atoms with E-state index < -0.39 is 6.09 Å². The lowest BCUT2D eigenvalue weighted by Crippen LogP contribution is -2.22. The molecule has 0 aliphatic rings. The largest absolute Gasteiger partial charge is 0.444 e. The number of nitrogens with one attached hydrogen (secondary N) is 1. The van der Waals surface area contributed by atoms with Gasteiger partial charge in [-0.1, -0.05) is 6.07 Å². The number of rotatable bonds is 6. The predicted octanol–water partition coefficient (Wildman–Crippen LogP) is 4.65. The summed E-state index contributed by atoms with van der Waals surface area (Å²) in [5.41, 5.74) is 2.98. The summed E-state index contributed by atoms with van der Waals surface area (Å²) < 4.78 is 5.22. The molecule has 1 aromatic carbocycles. The molecule has 4 nitrogen and oxygen atoms in total. The number of carbonyl (C=O) groups is 1. The van der Waals surface area contributed by atoms with Crippen LogP contribution >= 0.6 is 11.3 Å². The number of ether oxygens (including phenoxy) is 1. The number of anilines is 2. The summed E-state index contributed by atoms with van der Waals surface area (Å²) in [5, 5.41) is 4.76. The van der Waals surface area contributed by atoms with Gasteiger partial charge in [0.15, 0.2) is 0 Å². The van der Waals surface area contributed by atoms with Gasteiger partial charge in [-0.15, -0.1) is 11.3 Å². The molecule has 0 radical (unpaired) electrons. The Morgan fingerprint density at radius 3 is 2.64 bits per heavy atom. The van der Waals surface area contributed by atoms with Crippen molar-refractivity contribution in [1.29, 1.82) is 0 Å². The van der Waals surface area contributed by atoms with Gasteiger partial charge in [-0.25, -0.2) is 4.79 Å². The minimum absolute atomic E-state index is 0.306. The Bertz CT molecular complexity index is 607. The van der Waals surface area contributed by atoms with Gasteiger partial charge >= 0.3 is 6.09 Å². The van der Waals surface area contributed by atoms with Gasteiger partial charge < -0.3 is 9.64 Å². The summed E-state index contributed by atoms with van der Waals surface area (Å²) in [4.78, 5) is 15.2. The fourth-order valence-electron chi connectivity index (χ4n) is 2.25. The molecule has 0 aliphatic heterocycles. The SMILES string of the molecule is CCN(CC)c1ccc(NC(=O)OCc2cccs2)c(C)c1. The van der Waals surface area contributed by atoms with E-state index in [9.17, 15) is 4.79 Å². The van der Waals surface area contributed by atoms with E-state index in [-0.39, 0.29) is 0 Å². The molecule has 0 bridgehead atoms. The molecule has 2 rings (SSSR count). The van der Waals surface area contributed by atoms with Crippen molar-refractivity contribution in [3.63, 3.8) is 0 Å². The summed E-state index contributed by atoms with van der Waals surface area (Å²) >= 11 is 1.57. The summed E-state index contributed by atoms with van der Waals surface area (Å²) in [7, 11) is 0. The van der Waals surface area contributed by atoms with Crippen LogP contribution in [0.3, 0.4) is 0 Å². The maximum atomic E-state index is 11.9. The van der Waals surface area contributed by atoms with Crippen LogP contribution in [-0.4, -0.2) is 19.2 Å². The maximum absolute atomic E-state index is 11.9. The average molecular weight is 318 g/mol. The minimum atomic E-state index is -0.424. The molecule has 0 aliphatic carbocycles. The van der Waals surface area contributed by atoms with Gasteiger partial charge in [0.05, 0.1) is 0 Å². The summed E-state index contributed by atoms with van der Waals surface area (Å²) in [6.07, 6.45) is -0.424. The minimum Gasteiger partial charge on any atom is -0.444 e. The zero-order chi connectivity index (χ0) is 15.9. The van der Waals surface area contributed by atoms with E-state index >= 15 is 0 Å². The molecule has 118 valence electrons. The average Bonchev–Trinajstić information content (AvgIpc) is 3.02. The van der Waals surface area contributed by atoms with E-state index in [1.54, 1.807) is 11.3 Å². The van der Waals surface area contributed by atoms with E-state index in [2.05, 4.69) is 30.1 Å². The lowest BCUT2D eigenvalue weighted by Gasteiger charge is -2.22. The Kier molecular flexibility index (Phi) is 5.83. The lowest BCUT2D eigenvalue weighted by molar-refractivity contribution is 0.156. The van der Waals surface area contributed by atoms with Gasteiger partial charge in [0.1, 0.15) is 6.61 Å². The normalized spacial score (nSPS) is 10.3. The molecule has 0 spiro atoms. The summed E-state index contributed by atoms with van der Waals surface area (Å²) in [6, 6.07) is 9.92. The smallest absolute Gasteiger partial charge is 0.411 e. The number of hydrogen-bond donors (Lipinski definition) is 1. The zero-order valence-corrected chi connectivity index (χ0v) is 14.1. The third kappa shape index (κ3) is 4.24. The molecule has 0 unspecified atom stereocenters. The zero-order valence-electron chi connectivity index (χ0n) is 13.3. The molecule has 0 atom stereocenters. The Morgan fingerprint density at radius 2 is 2.05 bits per heavy atom. The number of thiophene rings is 1. The van der Waals surface area contributed by atoms with Crippen LogP contribution in [0, 0.1) is 6.92 Å². The molecule has 22 heavy (non-hydrogen) atoms. The fraction of sp³-hybridized carbons (Fsp3) is 0.353. The number of amides is 1. The van der Waals surface area contributed by atoms with Gasteiger partial charge in [-0.2, -0.15) is 0 Å². The molecule has 5 heteroatoms. The van der Waals surface area contributed by atoms with Gasteiger partial charge in [-0.3, -0.25) is 5.32 Å².